The fraction of sp³-hybridized carbons (Fsp3) is 0.364. The van der Waals surface area contributed by atoms with Gasteiger partial charge in [-0.15, -0.1) is 0 Å². The van der Waals surface area contributed by atoms with Crippen LogP contribution >= 0.6 is 11.6 Å². The number of esters is 1. The Morgan fingerprint density at radius 2 is 1.82 bits per heavy atom. The van der Waals surface area contributed by atoms with Crippen molar-refractivity contribution in [2.75, 3.05) is 6.61 Å². The number of urea groups is 1. The summed E-state index contributed by atoms with van der Waals surface area (Å²) in [4.78, 5) is 31.4. The SMILES string of the molecule is CCOC(=O)[C@H]1[C@@H](NC(=O)N[C@](Cc2ccccc2)(c2cccc(OC(F)(F)C(C)F)c2)c2ccc(Cl)cn2)[C@@H]2C=C[C@H]1C2. The van der Waals surface area contributed by atoms with Crippen molar-refractivity contribution in [1.82, 2.24) is 15.6 Å². The molecule has 11 heteroatoms. The maximum absolute atomic E-state index is 14.3. The molecule has 0 aliphatic heterocycles. The number of ether oxygens (including phenoxy) is 2. The Labute approximate surface area is 258 Å². The number of alkyl halides is 3. The number of carbonyl (C=O) groups is 2. The maximum Gasteiger partial charge on any atom is 0.429 e. The largest absolute Gasteiger partial charge is 0.466 e. The first kappa shape index (κ1) is 31.4. The van der Waals surface area contributed by atoms with Gasteiger partial charge in [-0.1, -0.05) is 66.2 Å². The van der Waals surface area contributed by atoms with Crippen molar-refractivity contribution in [2.24, 2.45) is 17.8 Å². The van der Waals surface area contributed by atoms with E-state index in [1.54, 1.807) is 25.1 Å². The lowest BCUT2D eigenvalue weighted by molar-refractivity contribution is -0.215. The molecule has 5 rings (SSSR count). The number of halogens is 4. The van der Waals surface area contributed by atoms with Gasteiger partial charge in [-0.2, -0.15) is 8.78 Å². The van der Waals surface area contributed by atoms with Crippen molar-refractivity contribution in [3.63, 3.8) is 0 Å². The summed E-state index contributed by atoms with van der Waals surface area (Å²) in [5.41, 5.74) is 0.0593. The Kier molecular flexibility index (Phi) is 9.20. The summed E-state index contributed by atoms with van der Waals surface area (Å²) in [5.74, 6) is -1.33. The van der Waals surface area contributed by atoms with Crippen LogP contribution in [0.2, 0.25) is 5.02 Å². The van der Waals surface area contributed by atoms with E-state index in [0.29, 0.717) is 29.6 Å². The predicted octanol–water partition coefficient (Wildman–Crippen LogP) is 6.60. The molecule has 2 aliphatic rings. The maximum atomic E-state index is 14.3. The standard InChI is InChI=1S/C33H33ClF3N3O4/c1-3-43-30(41)28-22-12-13-23(16-22)29(28)39-31(42)40-32(18-21-8-5-4-6-9-21,27-15-14-25(34)19-38-27)24-10-7-11-26(17-24)44-33(36,37)20(2)35/h4-15,17,19-20,22-23,28-29H,3,16,18H2,1-2H3,(H2,39,40,42)/t20?,22-,23+,28+,29-,32+/m0/s1. The van der Waals surface area contributed by atoms with Gasteiger partial charge >= 0.3 is 18.1 Å². The lowest BCUT2D eigenvalue weighted by Gasteiger charge is -2.37. The molecule has 2 bridgehead atoms. The monoisotopic (exact) mass is 627 g/mol. The number of nitrogens with zero attached hydrogens (tertiary/aromatic N) is 1. The van der Waals surface area contributed by atoms with Crippen LogP contribution in [-0.4, -0.2) is 41.9 Å². The van der Waals surface area contributed by atoms with Crippen molar-refractivity contribution in [3.8, 4) is 5.75 Å². The van der Waals surface area contributed by atoms with Gasteiger partial charge in [0.15, 0.2) is 0 Å². The Bertz CT molecular complexity index is 1510. The normalized spacial score (nSPS) is 22.6. The van der Waals surface area contributed by atoms with E-state index < -0.39 is 35.8 Å². The molecular formula is C33H33ClF3N3O4. The average molecular weight is 628 g/mol. The Hall–Kier alpha value is -4.05. The van der Waals surface area contributed by atoms with Gasteiger partial charge in [-0.3, -0.25) is 9.78 Å². The van der Waals surface area contributed by atoms with Crippen LogP contribution in [0.4, 0.5) is 18.0 Å². The highest BCUT2D eigenvalue weighted by atomic mass is 35.5. The molecule has 1 aromatic heterocycles. The Morgan fingerprint density at radius 3 is 2.50 bits per heavy atom. The van der Waals surface area contributed by atoms with Crippen LogP contribution < -0.4 is 15.4 Å². The molecule has 6 atom stereocenters. The van der Waals surface area contributed by atoms with E-state index in [1.165, 1.54) is 24.4 Å². The second kappa shape index (κ2) is 12.9. The summed E-state index contributed by atoms with van der Waals surface area (Å²) in [5, 5.41) is 6.43. The highest BCUT2D eigenvalue weighted by molar-refractivity contribution is 6.30. The number of amides is 2. The van der Waals surface area contributed by atoms with E-state index in [0.717, 1.165) is 5.56 Å². The van der Waals surface area contributed by atoms with Gasteiger partial charge in [0.2, 0.25) is 6.17 Å². The topological polar surface area (TPSA) is 89.5 Å². The summed E-state index contributed by atoms with van der Waals surface area (Å²) in [6.07, 6.45) is -0.384. The fourth-order valence-corrected chi connectivity index (χ4v) is 6.19. The third-order valence-corrected chi connectivity index (χ3v) is 8.39. The first-order valence-electron chi connectivity index (χ1n) is 14.4. The minimum atomic E-state index is -4.08. The lowest BCUT2D eigenvalue weighted by atomic mass is 9.80. The molecule has 0 radical (unpaired) electrons. The van der Waals surface area contributed by atoms with Crippen LogP contribution in [0.1, 0.15) is 37.1 Å². The van der Waals surface area contributed by atoms with Crippen LogP contribution in [0.25, 0.3) is 0 Å². The average Bonchev–Trinajstić information content (AvgIpc) is 3.60. The van der Waals surface area contributed by atoms with Gasteiger partial charge in [0.05, 0.1) is 29.3 Å². The first-order valence-corrected chi connectivity index (χ1v) is 14.8. The summed E-state index contributed by atoms with van der Waals surface area (Å²) in [7, 11) is 0. The second-order valence-electron chi connectivity index (χ2n) is 11.1. The minimum Gasteiger partial charge on any atom is -0.466 e. The van der Waals surface area contributed by atoms with Crippen molar-refractivity contribution in [2.45, 2.75) is 50.6 Å². The molecule has 1 heterocycles. The van der Waals surface area contributed by atoms with Crippen molar-refractivity contribution in [1.29, 1.82) is 0 Å². The molecule has 232 valence electrons. The molecule has 1 saturated carbocycles. The summed E-state index contributed by atoms with van der Waals surface area (Å²) >= 11 is 6.17. The van der Waals surface area contributed by atoms with Crippen LogP contribution in [0.5, 0.6) is 5.75 Å². The number of fused-ring (bicyclic) bond motifs is 2. The zero-order chi connectivity index (χ0) is 31.5. The van der Waals surface area contributed by atoms with E-state index >= 15 is 0 Å². The van der Waals surface area contributed by atoms with Crippen molar-refractivity contribution < 1.29 is 32.2 Å². The third-order valence-electron chi connectivity index (χ3n) is 8.16. The molecule has 1 fully saturated rings. The number of benzene rings is 2. The van der Waals surface area contributed by atoms with E-state index in [-0.39, 0.29) is 36.6 Å². The molecule has 7 nitrogen and oxygen atoms in total. The van der Waals surface area contributed by atoms with Gasteiger partial charge in [-0.25, -0.2) is 9.18 Å². The van der Waals surface area contributed by atoms with Crippen LogP contribution in [-0.2, 0) is 21.5 Å². The summed E-state index contributed by atoms with van der Waals surface area (Å²) in [6.45, 7) is 2.66. The van der Waals surface area contributed by atoms with Crippen molar-refractivity contribution >= 4 is 23.6 Å². The number of hydrogen-bond donors (Lipinski definition) is 2. The number of hydrogen-bond acceptors (Lipinski definition) is 5. The molecule has 2 N–H and O–H groups in total. The quantitative estimate of drug-likeness (QED) is 0.185. The molecule has 2 amide bonds. The number of rotatable bonds is 11. The smallest absolute Gasteiger partial charge is 0.429 e. The molecule has 2 aromatic carbocycles. The van der Waals surface area contributed by atoms with Crippen molar-refractivity contribution in [3.05, 3.63) is 107 Å². The van der Waals surface area contributed by atoms with Crippen LogP contribution in [0.3, 0.4) is 0 Å². The summed E-state index contributed by atoms with van der Waals surface area (Å²) in [6, 6.07) is 17.1. The van der Waals surface area contributed by atoms with E-state index in [9.17, 15) is 22.8 Å². The number of carbonyl (C=O) groups excluding carboxylic acids is 2. The predicted molar refractivity (Wildman–Crippen MR) is 159 cm³/mol. The van der Waals surface area contributed by atoms with Gasteiger partial charge in [0.1, 0.15) is 11.3 Å². The van der Waals surface area contributed by atoms with Crippen LogP contribution in [0, 0.1) is 17.8 Å². The molecule has 3 aromatic rings. The second-order valence-corrected chi connectivity index (χ2v) is 11.5. The number of nitrogens with one attached hydrogen (secondary N) is 2. The van der Waals surface area contributed by atoms with Gasteiger partial charge in [-0.05, 0) is 67.5 Å². The Morgan fingerprint density at radius 1 is 1.07 bits per heavy atom. The zero-order valence-corrected chi connectivity index (χ0v) is 24.9. The lowest BCUT2D eigenvalue weighted by Crippen LogP contribution is -2.56. The number of allylic oxidation sites excluding steroid dienone is 1. The third kappa shape index (κ3) is 6.55. The van der Waals surface area contributed by atoms with E-state index in [4.69, 9.17) is 21.1 Å². The van der Waals surface area contributed by atoms with Gasteiger partial charge in [0, 0.05) is 12.6 Å². The molecule has 0 spiro atoms. The minimum absolute atomic E-state index is 0.0512. The number of pyridine rings is 1. The fourth-order valence-electron chi connectivity index (χ4n) is 6.07. The zero-order valence-electron chi connectivity index (χ0n) is 24.2. The Balaban J connectivity index is 1.57. The van der Waals surface area contributed by atoms with Crippen LogP contribution in [0.15, 0.2) is 85.1 Å². The molecular weight excluding hydrogens is 595 g/mol. The molecule has 44 heavy (non-hydrogen) atoms. The molecule has 0 saturated heterocycles. The van der Waals surface area contributed by atoms with E-state index in [1.807, 2.05) is 42.5 Å². The van der Waals surface area contributed by atoms with Gasteiger partial charge in [0.25, 0.3) is 0 Å². The first-order chi connectivity index (χ1) is 21.0. The highest BCUT2D eigenvalue weighted by Crippen LogP contribution is 2.44. The number of aromatic nitrogens is 1. The molecule has 1 unspecified atom stereocenters. The molecule has 2 aliphatic carbocycles. The highest BCUT2D eigenvalue weighted by Gasteiger charge is 2.50. The van der Waals surface area contributed by atoms with E-state index in [2.05, 4.69) is 15.6 Å². The van der Waals surface area contributed by atoms with Gasteiger partial charge < -0.3 is 20.1 Å². The summed E-state index contributed by atoms with van der Waals surface area (Å²) < 4.78 is 52.3.